The van der Waals surface area contributed by atoms with Gasteiger partial charge >= 0.3 is 0 Å². The molecule has 3 atom stereocenters. The quantitative estimate of drug-likeness (QED) is 0.875. The molecular weight excluding hydrogens is 286 g/mol. The Balaban J connectivity index is 1.49. The summed E-state index contributed by atoms with van der Waals surface area (Å²) in [5.74, 6) is -0.417. The van der Waals surface area contributed by atoms with Crippen molar-refractivity contribution in [1.82, 2.24) is 10.6 Å². The Bertz CT molecular complexity index is 471. The number of hydrogen-bond donors (Lipinski definition) is 2. The smallest absolute Gasteiger partial charge is 0.126 e. The number of hydrogen-bond acceptors (Lipinski definition) is 3. The van der Waals surface area contributed by atoms with Gasteiger partial charge in [0.1, 0.15) is 11.6 Å². The van der Waals surface area contributed by atoms with E-state index < -0.39 is 11.6 Å². The molecule has 1 aromatic carbocycles. The van der Waals surface area contributed by atoms with Gasteiger partial charge in [0.15, 0.2) is 0 Å². The van der Waals surface area contributed by atoms with Gasteiger partial charge in [0.2, 0.25) is 0 Å². The first-order valence-electron chi connectivity index (χ1n) is 8.22. The summed E-state index contributed by atoms with van der Waals surface area (Å²) in [6.45, 7) is 3.26. The summed E-state index contributed by atoms with van der Waals surface area (Å²) in [5, 5.41) is 7.13. The Morgan fingerprint density at radius 3 is 2.73 bits per heavy atom. The molecule has 0 spiro atoms. The van der Waals surface area contributed by atoms with Crippen LogP contribution in [0, 0.1) is 17.6 Å². The first kappa shape index (κ1) is 15.8. The molecular formula is C17H24F2N2O. The third-order valence-electron chi connectivity index (χ3n) is 4.78. The van der Waals surface area contributed by atoms with Crippen LogP contribution in [0.3, 0.4) is 0 Å². The third kappa shape index (κ3) is 4.03. The summed E-state index contributed by atoms with van der Waals surface area (Å²) in [4.78, 5) is 0. The maximum atomic E-state index is 13.2. The monoisotopic (exact) mass is 310 g/mol. The van der Waals surface area contributed by atoms with E-state index in [9.17, 15) is 8.78 Å². The molecule has 1 saturated carbocycles. The van der Waals surface area contributed by atoms with Gasteiger partial charge in [0, 0.05) is 24.7 Å². The Morgan fingerprint density at radius 1 is 1.18 bits per heavy atom. The molecule has 1 heterocycles. The second-order valence-electron chi connectivity index (χ2n) is 6.32. The van der Waals surface area contributed by atoms with E-state index in [0.717, 1.165) is 32.4 Å². The van der Waals surface area contributed by atoms with Crippen LogP contribution in [-0.4, -0.2) is 38.4 Å². The molecule has 2 N–H and O–H groups in total. The summed E-state index contributed by atoms with van der Waals surface area (Å²) >= 11 is 0. The van der Waals surface area contributed by atoms with Gasteiger partial charge in [-0.2, -0.15) is 0 Å². The molecule has 2 aliphatic rings. The minimum atomic E-state index is -0.503. The van der Waals surface area contributed by atoms with Crippen LogP contribution < -0.4 is 10.6 Å². The Kier molecular flexibility index (Phi) is 5.39. The largest absolute Gasteiger partial charge is 0.379 e. The summed E-state index contributed by atoms with van der Waals surface area (Å²) in [7, 11) is 0. The minimum absolute atomic E-state index is 0.431. The maximum Gasteiger partial charge on any atom is 0.126 e. The lowest BCUT2D eigenvalue weighted by molar-refractivity contribution is 0.0526. The molecule has 1 aliphatic carbocycles. The molecule has 122 valence electrons. The van der Waals surface area contributed by atoms with E-state index in [4.69, 9.17) is 4.74 Å². The SMILES string of the molecule is Fc1cc(F)cc(CCNC2CCCC2C2COCCN2)c1. The van der Waals surface area contributed by atoms with Crippen LogP contribution in [0.4, 0.5) is 8.78 Å². The van der Waals surface area contributed by atoms with Crippen LogP contribution in [0.2, 0.25) is 0 Å². The van der Waals surface area contributed by atoms with Gasteiger partial charge in [-0.15, -0.1) is 0 Å². The van der Waals surface area contributed by atoms with Crippen LogP contribution in [0.25, 0.3) is 0 Å². The summed E-state index contributed by atoms with van der Waals surface area (Å²) in [5.41, 5.74) is 0.707. The van der Waals surface area contributed by atoms with E-state index in [2.05, 4.69) is 10.6 Å². The first-order chi connectivity index (χ1) is 10.7. The van der Waals surface area contributed by atoms with Crippen molar-refractivity contribution in [3.8, 4) is 0 Å². The molecule has 0 amide bonds. The molecule has 5 heteroatoms. The van der Waals surface area contributed by atoms with Gasteiger partial charge in [0.05, 0.1) is 13.2 Å². The molecule has 3 nitrogen and oxygen atoms in total. The molecule has 2 fully saturated rings. The van der Waals surface area contributed by atoms with Crippen LogP contribution in [0.5, 0.6) is 0 Å². The Morgan fingerprint density at radius 2 is 2.00 bits per heavy atom. The van der Waals surface area contributed by atoms with E-state index >= 15 is 0 Å². The zero-order chi connectivity index (χ0) is 15.4. The molecule has 22 heavy (non-hydrogen) atoms. The van der Waals surface area contributed by atoms with Crippen LogP contribution in [-0.2, 0) is 11.2 Å². The fourth-order valence-electron chi connectivity index (χ4n) is 3.74. The fraction of sp³-hybridized carbons (Fsp3) is 0.647. The molecule has 0 radical (unpaired) electrons. The summed E-state index contributed by atoms with van der Waals surface area (Å²) < 4.78 is 31.9. The Hall–Kier alpha value is -1.04. The number of benzene rings is 1. The standard InChI is InChI=1S/C17H24F2N2O/c18-13-8-12(9-14(19)10-13)4-5-20-16-3-1-2-15(16)17-11-22-7-6-21-17/h8-10,15-17,20-21H,1-7,11H2. The maximum absolute atomic E-state index is 13.2. The van der Waals surface area contributed by atoms with E-state index in [1.807, 2.05) is 0 Å². The van der Waals surface area contributed by atoms with Crippen molar-refractivity contribution in [1.29, 1.82) is 0 Å². The molecule has 0 bridgehead atoms. The lowest BCUT2D eigenvalue weighted by Crippen LogP contribution is -2.51. The zero-order valence-corrected chi connectivity index (χ0v) is 12.8. The number of halogens is 2. The van der Waals surface area contributed by atoms with Gasteiger partial charge in [-0.3, -0.25) is 0 Å². The molecule has 1 saturated heterocycles. The van der Waals surface area contributed by atoms with Crippen molar-refractivity contribution in [2.45, 2.75) is 37.8 Å². The summed E-state index contributed by atoms with van der Waals surface area (Å²) in [6, 6.07) is 4.64. The van der Waals surface area contributed by atoms with Gasteiger partial charge < -0.3 is 15.4 Å². The Labute approximate surface area is 130 Å². The van der Waals surface area contributed by atoms with Crippen molar-refractivity contribution in [2.75, 3.05) is 26.3 Å². The highest BCUT2D eigenvalue weighted by Gasteiger charge is 2.34. The molecule has 3 rings (SSSR count). The lowest BCUT2D eigenvalue weighted by atomic mass is 9.94. The van der Waals surface area contributed by atoms with E-state index in [0.29, 0.717) is 30.0 Å². The molecule has 0 aromatic heterocycles. The predicted molar refractivity (Wildman–Crippen MR) is 81.8 cm³/mol. The van der Waals surface area contributed by atoms with Crippen molar-refractivity contribution < 1.29 is 13.5 Å². The highest BCUT2D eigenvalue weighted by atomic mass is 19.1. The highest BCUT2D eigenvalue weighted by molar-refractivity contribution is 5.18. The van der Waals surface area contributed by atoms with Crippen LogP contribution in [0.1, 0.15) is 24.8 Å². The molecule has 1 aliphatic heterocycles. The summed E-state index contributed by atoms with van der Waals surface area (Å²) in [6.07, 6.45) is 4.26. The predicted octanol–water partition coefficient (Wildman–Crippen LogP) is 2.25. The van der Waals surface area contributed by atoms with E-state index in [-0.39, 0.29) is 0 Å². The minimum Gasteiger partial charge on any atom is -0.379 e. The van der Waals surface area contributed by atoms with Crippen LogP contribution >= 0.6 is 0 Å². The highest BCUT2D eigenvalue weighted by Crippen LogP contribution is 2.29. The van der Waals surface area contributed by atoms with Crippen LogP contribution in [0.15, 0.2) is 18.2 Å². The number of morpholine rings is 1. The van der Waals surface area contributed by atoms with Crippen molar-refractivity contribution in [3.63, 3.8) is 0 Å². The average Bonchev–Trinajstić information content (AvgIpc) is 2.96. The average molecular weight is 310 g/mol. The number of ether oxygens (including phenoxy) is 1. The molecule has 1 aromatic rings. The third-order valence-corrected chi connectivity index (χ3v) is 4.78. The van der Waals surface area contributed by atoms with Crippen molar-refractivity contribution in [2.24, 2.45) is 5.92 Å². The first-order valence-corrected chi connectivity index (χ1v) is 8.22. The van der Waals surface area contributed by atoms with Gasteiger partial charge in [-0.1, -0.05) is 6.42 Å². The zero-order valence-electron chi connectivity index (χ0n) is 12.8. The van der Waals surface area contributed by atoms with Gasteiger partial charge in [0.25, 0.3) is 0 Å². The number of rotatable bonds is 5. The van der Waals surface area contributed by atoms with E-state index in [1.54, 1.807) is 0 Å². The van der Waals surface area contributed by atoms with Gasteiger partial charge in [-0.25, -0.2) is 8.78 Å². The van der Waals surface area contributed by atoms with Gasteiger partial charge in [-0.05, 0) is 49.4 Å². The van der Waals surface area contributed by atoms with Crippen molar-refractivity contribution in [3.05, 3.63) is 35.4 Å². The lowest BCUT2D eigenvalue weighted by Gasteiger charge is -2.33. The second-order valence-corrected chi connectivity index (χ2v) is 6.32. The molecule has 3 unspecified atom stereocenters. The second kappa shape index (κ2) is 7.49. The number of nitrogens with one attached hydrogen (secondary N) is 2. The van der Waals surface area contributed by atoms with E-state index in [1.165, 1.54) is 31.4 Å². The normalized spacial score (nSPS) is 28.9. The fourth-order valence-corrected chi connectivity index (χ4v) is 3.74. The topological polar surface area (TPSA) is 33.3 Å². The van der Waals surface area contributed by atoms with Crippen molar-refractivity contribution >= 4 is 0 Å².